The molecule has 0 atom stereocenters. The second-order valence-electron chi connectivity index (χ2n) is 5.76. The van der Waals surface area contributed by atoms with E-state index in [1.807, 2.05) is 13.2 Å². The van der Waals surface area contributed by atoms with E-state index in [-0.39, 0.29) is 0 Å². The average molecular weight is 247 g/mol. The van der Waals surface area contributed by atoms with Crippen molar-refractivity contribution in [3.05, 3.63) is 23.5 Å². The zero-order valence-corrected chi connectivity index (χ0v) is 12.0. The van der Waals surface area contributed by atoms with Crippen molar-refractivity contribution < 1.29 is 0 Å². The summed E-state index contributed by atoms with van der Waals surface area (Å²) in [4.78, 5) is 7.02. The maximum absolute atomic E-state index is 4.43. The Hall–Kier alpha value is -1.09. The van der Waals surface area contributed by atoms with Crippen LogP contribution in [0.4, 0.5) is 5.69 Å². The molecule has 1 heterocycles. The molecular weight excluding hydrogens is 222 g/mol. The van der Waals surface area contributed by atoms with Crippen molar-refractivity contribution in [2.24, 2.45) is 5.92 Å². The van der Waals surface area contributed by atoms with E-state index in [4.69, 9.17) is 0 Å². The molecular formula is C15H25N3. The maximum Gasteiger partial charge on any atom is 0.0448 e. The number of rotatable bonds is 6. The molecule has 0 radical (unpaired) electrons. The van der Waals surface area contributed by atoms with E-state index < -0.39 is 0 Å². The molecule has 3 heteroatoms. The van der Waals surface area contributed by atoms with Crippen LogP contribution in [0.1, 0.15) is 37.9 Å². The van der Waals surface area contributed by atoms with Gasteiger partial charge in [0.1, 0.15) is 0 Å². The van der Waals surface area contributed by atoms with E-state index in [0.717, 1.165) is 24.8 Å². The minimum Gasteiger partial charge on any atom is -0.368 e. The summed E-state index contributed by atoms with van der Waals surface area (Å²) in [6, 6.07) is 3.00. The molecule has 0 spiro atoms. The summed E-state index contributed by atoms with van der Waals surface area (Å²) in [5.41, 5.74) is 3.81. The van der Waals surface area contributed by atoms with Crippen molar-refractivity contribution in [1.82, 2.24) is 10.3 Å². The van der Waals surface area contributed by atoms with Crippen molar-refractivity contribution >= 4 is 5.69 Å². The van der Waals surface area contributed by atoms with Gasteiger partial charge in [-0.2, -0.15) is 0 Å². The van der Waals surface area contributed by atoms with E-state index in [1.54, 1.807) is 0 Å². The second kappa shape index (κ2) is 5.70. The van der Waals surface area contributed by atoms with Crippen LogP contribution in [0.3, 0.4) is 0 Å². The Bertz CT molecular complexity index is 397. The predicted molar refractivity (Wildman–Crippen MR) is 76.9 cm³/mol. The fourth-order valence-corrected chi connectivity index (χ4v) is 2.39. The van der Waals surface area contributed by atoms with E-state index in [2.05, 4.69) is 42.0 Å². The normalized spacial score (nSPS) is 15.2. The summed E-state index contributed by atoms with van der Waals surface area (Å²) in [7, 11) is 1.99. The molecule has 1 saturated carbocycles. The molecule has 1 aromatic rings. The zero-order chi connectivity index (χ0) is 13.1. The van der Waals surface area contributed by atoms with Crippen molar-refractivity contribution in [1.29, 1.82) is 0 Å². The van der Waals surface area contributed by atoms with Crippen LogP contribution in [-0.2, 0) is 6.54 Å². The number of hydrogen-bond donors (Lipinski definition) is 1. The molecule has 3 nitrogen and oxygen atoms in total. The first-order chi connectivity index (χ1) is 8.61. The Morgan fingerprint density at radius 1 is 1.44 bits per heavy atom. The number of nitrogens with zero attached hydrogens (tertiary/aromatic N) is 2. The summed E-state index contributed by atoms with van der Waals surface area (Å²) in [6.45, 7) is 8.70. The Balaban J connectivity index is 2.29. The SMILES string of the molecule is CNCc1cnc(C)cc1N(CC(C)C)C1CC1. The number of hydrogen-bond acceptors (Lipinski definition) is 3. The van der Waals surface area contributed by atoms with Gasteiger partial charge < -0.3 is 10.2 Å². The van der Waals surface area contributed by atoms with Crippen LogP contribution >= 0.6 is 0 Å². The Morgan fingerprint density at radius 2 is 2.17 bits per heavy atom. The summed E-state index contributed by atoms with van der Waals surface area (Å²) >= 11 is 0. The molecule has 1 aliphatic rings. The molecule has 0 aromatic carbocycles. The van der Waals surface area contributed by atoms with Crippen LogP contribution < -0.4 is 10.2 Å². The summed E-state index contributed by atoms with van der Waals surface area (Å²) < 4.78 is 0. The molecule has 0 unspecified atom stereocenters. The van der Waals surface area contributed by atoms with Gasteiger partial charge in [0.15, 0.2) is 0 Å². The lowest BCUT2D eigenvalue weighted by atomic mass is 10.1. The van der Waals surface area contributed by atoms with Crippen LogP contribution in [0.15, 0.2) is 12.3 Å². The highest BCUT2D eigenvalue weighted by Gasteiger charge is 2.30. The lowest BCUT2D eigenvalue weighted by Crippen LogP contribution is -2.31. The van der Waals surface area contributed by atoms with Gasteiger partial charge in [-0.1, -0.05) is 13.8 Å². The first-order valence-electron chi connectivity index (χ1n) is 6.98. The van der Waals surface area contributed by atoms with Gasteiger partial charge in [-0.05, 0) is 38.8 Å². The predicted octanol–water partition coefficient (Wildman–Crippen LogP) is 2.73. The first kappa shape index (κ1) is 13.3. The van der Waals surface area contributed by atoms with E-state index >= 15 is 0 Å². The van der Waals surface area contributed by atoms with E-state index in [0.29, 0.717) is 5.92 Å². The fourth-order valence-electron chi connectivity index (χ4n) is 2.39. The van der Waals surface area contributed by atoms with Crippen LogP contribution in [0.2, 0.25) is 0 Å². The Labute approximate surface area is 111 Å². The minimum atomic E-state index is 0.696. The third-order valence-corrected chi connectivity index (χ3v) is 3.32. The number of aromatic nitrogens is 1. The van der Waals surface area contributed by atoms with Gasteiger partial charge in [0.2, 0.25) is 0 Å². The molecule has 0 saturated heterocycles. The molecule has 1 N–H and O–H groups in total. The standard InChI is InChI=1S/C15H25N3/c1-11(2)10-18(14-5-6-14)15-7-12(3)17-9-13(15)8-16-4/h7,9,11,14,16H,5-6,8,10H2,1-4H3. The average Bonchev–Trinajstić information content (AvgIpc) is 3.12. The summed E-state index contributed by atoms with van der Waals surface area (Å²) in [6.07, 6.45) is 4.71. The minimum absolute atomic E-state index is 0.696. The molecule has 0 bridgehead atoms. The van der Waals surface area contributed by atoms with Crippen LogP contribution in [0, 0.1) is 12.8 Å². The van der Waals surface area contributed by atoms with E-state index in [1.165, 1.54) is 24.1 Å². The van der Waals surface area contributed by atoms with Gasteiger partial charge in [0, 0.05) is 42.3 Å². The smallest absolute Gasteiger partial charge is 0.0448 e. The van der Waals surface area contributed by atoms with Crippen molar-refractivity contribution in [2.75, 3.05) is 18.5 Å². The van der Waals surface area contributed by atoms with Crippen LogP contribution in [0.5, 0.6) is 0 Å². The Kier molecular flexibility index (Phi) is 4.23. The molecule has 1 fully saturated rings. The number of anilines is 1. The fraction of sp³-hybridized carbons (Fsp3) is 0.667. The molecule has 0 aliphatic heterocycles. The highest BCUT2D eigenvalue weighted by molar-refractivity contribution is 5.55. The van der Waals surface area contributed by atoms with Crippen LogP contribution in [0.25, 0.3) is 0 Å². The van der Waals surface area contributed by atoms with Crippen molar-refractivity contribution in [3.8, 4) is 0 Å². The highest BCUT2D eigenvalue weighted by atomic mass is 15.2. The van der Waals surface area contributed by atoms with Gasteiger partial charge in [0.05, 0.1) is 0 Å². The molecule has 100 valence electrons. The number of nitrogens with one attached hydrogen (secondary N) is 1. The van der Waals surface area contributed by atoms with Crippen molar-refractivity contribution in [3.63, 3.8) is 0 Å². The largest absolute Gasteiger partial charge is 0.368 e. The third kappa shape index (κ3) is 3.22. The lowest BCUT2D eigenvalue weighted by Gasteiger charge is -2.29. The maximum atomic E-state index is 4.43. The zero-order valence-electron chi connectivity index (χ0n) is 12.0. The molecule has 2 rings (SSSR count). The quantitative estimate of drug-likeness (QED) is 0.838. The topological polar surface area (TPSA) is 28.2 Å². The second-order valence-corrected chi connectivity index (χ2v) is 5.76. The van der Waals surface area contributed by atoms with Gasteiger partial charge in [-0.15, -0.1) is 0 Å². The summed E-state index contributed by atoms with van der Waals surface area (Å²) in [5, 5.41) is 3.24. The molecule has 18 heavy (non-hydrogen) atoms. The third-order valence-electron chi connectivity index (χ3n) is 3.32. The number of aryl methyl sites for hydroxylation is 1. The molecule has 1 aromatic heterocycles. The van der Waals surface area contributed by atoms with Gasteiger partial charge >= 0.3 is 0 Å². The molecule has 1 aliphatic carbocycles. The van der Waals surface area contributed by atoms with Gasteiger partial charge in [-0.25, -0.2) is 0 Å². The van der Waals surface area contributed by atoms with Gasteiger partial charge in [0.25, 0.3) is 0 Å². The lowest BCUT2D eigenvalue weighted by molar-refractivity contribution is 0.604. The monoisotopic (exact) mass is 247 g/mol. The Morgan fingerprint density at radius 3 is 2.72 bits per heavy atom. The van der Waals surface area contributed by atoms with Crippen molar-refractivity contribution in [2.45, 2.75) is 46.2 Å². The number of pyridine rings is 1. The van der Waals surface area contributed by atoms with E-state index in [9.17, 15) is 0 Å². The summed E-state index contributed by atoms with van der Waals surface area (Å²) in [5.74, 6) is 0.696. The highest BCUT2D eigenvalue weighted by Crippen LogP contribution is 2.34. The van der Waals surface area contributed by atoms with Crippen LogP contribution in [-0.4, -0.2) is 24.6 Å². The first-order valence-corrected chi connectivity index (χ1v) is 6.98. The molecule has 0 amide bonds. The van der Waals surface area contributed by atoms with Gasteiger partial charge in [-0.3, -0.25) is 4.98 Å².